The Bertz CT molecular complexity index is 497. The summed E-state index contributed by atoms with van der Waals surface area (Å²) in [7, 11) is 2.13. The van der Waals surface area contributed by atoms with Crippen molar-refractivity contribution in [3.63, 3.8) is 0 Å². The van der Waals surface area contributed by atoms with Gasteiger partial charge >= 0.3 is 0 Å². The van der Waals surface area contributed by atoms with Gasteiger partial charge in [0, 0.05) is 23.4 Å². The van der Waals surface area contributed by atoms with Gasteiger partial charge in [-0.05, 0) is 30.5 Å². The Kier molecular flexibility index (Phi) is 5.35. The van der Waals surface area contributed by atoms with Crippen LogP contribution in [0.1, 0.15) is 17.4 Å². The third kappa shape index (κ3) is 3.92. The van der Waals surface area contributed by atoms with Crippen molar-refractivity contribution >= 4 is 11.3 Å². The summed E-state index contributed by atoms with van der Waals surface area (Å²) in [6.07, 6.45) is 1.07. The number of aliphatic hydroxyl groups excluding tert-OH is 1. The lowest BCUT2D eigenvalue weighted by Crippen LogP contribution is -2.40. The third-order valence-electron chi connectivity index (χ3n) is 3.76. The minimum atomic E-state index is -0.203. The second-order valence-electron chi connectivity index (χ2n) is 5.65. The number of hydrogen-bond acceptors (Lipinski definition) is 3. The van der Waals surface area contributed by atoms with E-state index in [1.807, 2.05) is 29.5 Å². The first kappa shape index (κ1) is 15.2. The van der Waals surface area contributed by atoms with Crippen LogP contribution < -0.4 is 0 Å². The molecule has 1 heterocycles. The maximum Gasteiger partial charge on any atom is 0.0537 e. The lowest BCUT2D eigenvalue weighted by atomic mass is 9.83. The molecule has 20 heavy (non-hydrogen) atoms. The Labute approximate surface area is 125 Å². The van der Waals surface area contributed by atoms with Crippen molar-refractivity contribution in [2.75, 3.05) is 26.7 Å². The van der Waals surface area contributed by atoms with Gasteiger partial charge in [0.1, 0.15) is 0 Å². The standard InChI is InChI=1S/C17H23NOS/c1-17(14-19,15-7-4-3-5-8-15)13-18(2)11-10-16-9-6-12-20-16/h3-9,12,19H,10-11,13-14H2,1-2H3. The van der Waals surface area contributed by atoms with E-state index in [4.69, 9.17) is 0 Å². The van der Waals surface area contributed by atoms with Crippen molar-refractivity contribution in [2.45, 2.75) is 18.8 Å². The van der Waals surface area contributed by atoms with Crippen LogP contribution in [-0.2, 0) is 11.8 Å². The number of nitrogens with zero attached hydrogens (tertiary/aromatic N) is 1. The zero-order valence-corrected chi connectivity index (χ0v) is 13.1. The van der Waals surface area contributed by atoms with Crippen LogP contribution in [0.15, 0.2) is 47.8 Å². The molecule has 0 amide bonds. The molecule has 1 aromatic carbocycles. The molecular weight excluding hydrogens is 266 g/mol. The summed E-state index contributed by atoms with van der Waals surface area (Å²) < 4.78 is 0. The van der Waals surface area contributed by atoms with Crippen molar-refractivity contribution < 1.29 is 5.11 Å². The average molecular weight is 289 g/mol. The molecule has 0 aliphatic rings. The van der Waals surface area contributed by atoms with Crippen LogP contribution in [0.4, 0.5) is 0 Å². The van der Waals surface area contributed by atoms with Crippen LogP contribution >= 0.6 is 11.3 Å². The Balaban J connectivity index is 1.95. The normalized spacial score (nSPS) is 14.4. The summed E-state index contributed by atoms with van der Waals surface area (Å²) in [5, 5.41) is 11.9. The van der Waals surface area contributed by atoms with Crippen molar-refractivity contribution in [3.05, 3.63) is 58.3 Å². The van der Waals surface area contributed by atoms with Crippen molar-refractivity contribution in [1.82, 2.24) is 4.90 Å². The molecule has 3 heteroatoms. The van der Waals surface area contributed by atoms with Gasteiger partial charge in [0.2, 0.25) is 0 Å². The lowest BCUT2D eigenvalue weighted by Gasteiger charge is -2.32. The molecule has 1 atom stereocenters. The molecular formula is C17H23NOS. The highest BCUT2D eigenvalue weighted by Crippen LogP contribution is 2.24. The number of rotatable bonds is 7. The summed E-state index contributed by atoms with van der Waals surface area (Å²) in [4.78, 5) is 3.73. The number of aliphatic hydroxyl groups is 1. The second kappa shape index (κ2) is 7.02. The van der Waals surface area contributed by atoms with E-state index in [1.54, 1.807) is 0 Å². The van der Waals surface area contributed by atoms with Crippen molar-refractivity contribution in [2.24, 2.45) is 0 Å². The van der Waals surface area contributed by atoms with Crippen molar-refractivity contribution in [3.8, 4) is 0 Å². The molecule has 0 saturated carbocycles. The SMILES string of the molecule is CN(CCc1cccs1)CC(C)(CO)c1ccccc1. The molecule has 1 aromatic heterocycles. The van der Waals surface area contributed by atoms with Gasteiger partial charge < -0.3 is 10.0 Å². The smallest absolute Gasteiger partial charge is 0.0537 e. The van der Waals surface area contributed by atoms with Crippen LogP contribution in [0, 0.1) is 0 Å². The van der Waals surface area contributed by atoms with Gasteiger partial charge in [0.05, 0.1) is 6.61 Å². The summed E-state index contributed by atoms with van der Waals surface area (Å²) in [6.45, 7) is 4.17. The van der Waals surface area contributed by atoms with E-state index in [1.165, 1.54) is 10.4 Å². The molecule has 2 nitrogen and oxygen atoms in total. The van der Waals surface area contributed by atoms with Crippen LogP contribution in [0.3, 0.4) is 0 Å². The highest BCUT2D eigenvalue weighted by molar-refractivity contribution is 7.09. The Morgan fingerprint density at radius 1 is 1.15 bits per heavy atom. The number of thiophene rings is 1. The topological polar surface area (TPSA) is 23.5 Å². The van der Waals surface area contributed by atoms with Crippen LogP contribution in [0.25, 0.3) is 0 Å². The van der Waals surface area contributed by atoms with Gasteiger partial charge in [-0.3, -0.25) is 0 Å². The minimum absolute atomic E-state index is 0.167. The molecule has 0 bridgehead atoms. The third-order valence-corrected chi connectivity index (χ3v) is 4.69. The zero-order valence-electron chi connectivity index (χ0n) is 12.2. The molecule has 1 N–H and O–H groups in total. The number of benzene rings is 1. The van der Waals surface area contributed by atoms with Crippen LogP contribution in [-0.4, -0.2) is 36.8 Å². The fourth-order valence-electron chi connectivity index (χ4n) is 2.50. The summed E-state index contributed by atoms with van der Waals surface area (Å²) in [6, 6.07) is 14.6. The first-order valence-corrected chi connectivity index (χ1v) is 7.89. The van der Waals surface area contributed by atoms with E-state index in [0.29, 0.717) is 0 Å². The van der Waals surface area contributed by atoms with Crippen molar-refractivity contribution in [1.29, 1.82) is 0 Å². The second-order valence-corrected chi connectivity index (χ2v) is 6.68. The lowest BCUT2D eigenvalue weighted by molar-refractivity contribution is 0.159. The highest BCUT2D eigenvalue weighted by Gasteiger charge is 2.27. The van der Waals surface area contributed by atoms with Gasteiger partial charge in [0.15, 0.2) is 0 Å². The fourth-order valence-corrected chi connectivity index (χ4v) is 3.20. The Morgan fingerprint density at radius 2 is 1.90 bits per heavy atom. The molecule has 1 unspecified atom stereocenters. The largest absolute Gasteiger partial charge is 0.395 e. The molecule has 0 aliphatic carbocycles. The maximum atomic E-state index is 9.82. The Morgan fingerprint density at radius 3 is 2.50 bits per heavy atom. The van der Waals surface area contributed by atoms with Crippen LogP contribution in [0.5, 0.6) is 0 Å². The first-order chi connectivity index (χ1) is 9.64. The van der Waals surface area contributed by atoms with Crippen LogP contribution in [0.2, 0.25) is 0 Å². The molecule has 0 saturated heterocycles. The summed E-state index contributed by atoms with van der Waals surface area (Å²) in [5.41, 5.74) is 0.997. The van der Waals surface area contributed by atoms with E-state index >= 15 is 0 Å². The number of likely N-dealkylation sites (N-methyl/N-ethyl adjacent to an activating group) is 1. The monoisotopic (exact) mass is 289 g/mol. The molecule has 0 spiro atoms. The fraction of sp³-hybridized carbons (Fsp3) is 0.412. The predicted octanol–water partition coefficient (Wildman–Crippen LogP) is 3.17. The van der Waals surface area contributed by atoms with Gasteiger partial charge in [-0.25, -0.2) is 0 Å². The minimum Gasteiger partial charge on any atom is -0.395 e. The van der Waals surface area contributed by atoms with E-state index in [-0.39, 0.29) is 12.0 Å². The summed E-state index contributed by atoms with van der Waals surface area (Å²) in [5.74, 6) is 0. The maximum absolute atomic E-state index is 9.82. The average Bonchev–Trinajstić information content (AvgIpc) is 2.99. The molecule has 108 valence electrons. The molecule has 0 aliphatic heterocycles. The summed E-state index contributed by atoms with van der Waals surface area (Å²) >= 11 is 1.81. The van der Waals surface area contributed by atoms with E-state index in [0.717, 1.165) is 19.5 Å². The Hall–Kier alpha value is -1.16. The molecule has 2 aromatic rings. The van der Waals surface area contributed by atoms with E-state index in [9.17, 15) is 5.11 Å². The van der Waals surface area contributed by atoms with E-state index in [2.05, 4.69) is 48.5 Å². The zero-order chi connectivity index (χ0) is 14.4. The highest BCUT2D eigenvalue weighted by atomic mass is 32.1. The van der Waals surface area contributed by atoms with Gasteiger partial charge in [0.25, 0.3) is 0 Å². The molecule has 2 rings (SSSR count). The predicted molar refractivity (Wildman–Crippen MR) is 86.4 cm³/mol. The molecule has 0 radical (unpaired) electrons. The van der Waals surface area contributed by atoms with Gasteiger partial charge in [-0.1, -0.05) is 43.3 Å². The quantitative estimate of drug-likeness (QED) is 0.846. The van der Waals surface area contributed by atoms with E-state index < -0.39 is 0 Å². The van der Waals surface area contributed by atoms with Gasteiger partial charge in [-0.15, -0.1) is 11.3 Å². The molecule has 0 fully saturated rings. The first-order valence-electron chi connectivity index (χ1n) is 7.01. The number of hydrogen-bond donors (Lipinski definition) is 1. The van der Waals surface area contributed by atoms with Gasteiger partial charge in [-0.2, -0.15) is 0 Å².